The number of carboxylic acids is 1. The zero-order valence-electron chi connectivity index (χ0n) is 11.7. The Labute approximate surface area is 129 Å². The molecule has 0 radical (unpaired) electrons. The number of aliphatic carboxylic acids is 1. The van der Waals surface area contributed by atoms with Crippen LogP contribution in [0.1, 0.15) is 26.5 Å². The number of hydroxylamine groups is 2. The van der Waals surface area contributed by atoms with Gasteiger partial charge < -0.3 is 5.11 Å². The molecule has 1 N–H and O–H groups in total. The van der Waals surface area contributed by atoms with E-state index in [1.54, 1.807) is 24.3 Å². The van der Waals surface area contributed by atoms with Crippen LogP contribution >= 0.6 is 0 Å². The third kappa shape index (κ3) is 2.92. The molecule has 10 nitrogen and oxygen atoms in total. The topological polar surface area (TPSA) is 128 Å². The van der Waals surface area contributed by atoms with Crippen molar-refractivity contribution in [2.45, 2.75) is 13.0 Å². The Morgan fingerprint density at radius 1 is 1.17 bits per heavy atom. The molecule has 2 heterocycles. The van der Waals surface area contributed by atoms with Gasteiger partial charge in [0.2, 0.25) is 0 Å². The van der Waals surface area contributed by atoms with Gasteiger partial charge in [0.15, 0.2) is 5.82 Å². The van der Waals surface area contributed by atoms with E-state index in [-0.39, 0.29) is 25.4 Å². The number of carboxylic acid groups (broad SMARTS) is 1. The second kappa shape index (κ2) is 5.93. The fourth-order valence-electron chi connectivity index (χ4n) is 2.08. The van der Waals surface area contributed by atoms with Crippen molar-refractivity contribution in [2.75, 3.05) is 6.61 Å². The Morgan fingerprint density at radius 2 is 1.83 bits per heavy atom. The number of tetrazole rings is 1. The highest BCUT2D eigenvalue weighted by molar-refractivity contribution is 6.20. The number of aromatic nitrogens is 4. The molecule has 0 atom stereocenters. The van der Waals surface area contributed by atoms with Crippen LogP contribution in [0.5, 0.6) is 0 Å². The minimum Gasteiger partial charge on any atom is -0.481 e. The van der Waals surface area contributed by atoms with Crippen LogP contribution in [-0.4, -0.2) is 54.8 Å². The number of rotatable bonds is 6. The number of benzene rings is 1. The quantitative estimate of drug-likeness (QED) is 0.708. The lowest BCUT2D eigenvalue weighted by molar-refractivity contribution is -0.136. The molecule has 118 valence electrons. The smallest absolute Gasteiger partial charge is 0.311 e. The summed E-state index contributed by atoms with van der Waals surface area (Å²) < 4.78 is 0. The molecule has 0 saturated carbocycles. The van der Waals surface area contributed by atoms with Gasteiger partial charge in [-0.1, -0.05) is 12.1 Å². The number of carbonyl (C=O) groups is 3. The zero-order valence-corrected chi connectivity index (χ0v) is 11.7. The lowest BCUT2D eigenvalue weighted by atomic mass is 10.1. The van der Waals surface area contributed by atoms with Crippen molar-refractivity contribution in [3.8, 4) is 0 Å². The van der Waals surface area contributed by atoms with Crippen molar-refractivity contribution in [2.24, 2.45) is 0 Å². The first-order valence-corrected chi connectivity index (χ1v) is 6.65. The fraction of sp³-hybridized carbons (Fsp3) is 0.231. The standard InChI is InChI=1S/C13H11N5O5/c19-11(20)7-10-14-16-17(15-10)5-6-23-18-12(21)8-3-1-2-4-9(8)13(18)22/h1-4H,5-7H2,(H,19,20). The number of fused-ring (bicyclic) bond motifs is 1. The molecule has 1 aliphatic heterocycles. The van der Waals surface area contributed by atoms with Gasteiger partial charge in [-0.25, -0.2) is 0 Å². The first-order valence-electron chi connectivity index (χ1n) is 6.65. The first-order chi connectivity index (χ1) is 11.1. The average molecular weight is 317 g/mol. The van der Waals surface area contributed by atoms with Gasteiger partial charge in [-0.3, -0.25) is 19.2 Å². The highest BCUT2D eigenvalue weighted by atomic mass is 16.7. The molecular formula is C13H11N5O5. The van der Waals surface area contributed by atoms with Crippen LogP contribution in [0.2, 0.25) is 0 Å². The summed E-state index contributed by atoms with van der Waals surface area (Å²) in [5.74, 6) is -2.04. The third-order valence-electron chi connectivity index (χ3n) is 3.07. The summed E-state index contributed by atoms with van der Waals surface area (Å²) in [7, 11) is 0. The van der Waals surface area contributed by atoms with Crippen molar-refractivity contribution in [1.82, 2.24) is 25.3 Å². The number of imide groups is 1. The number of nitrogens with zero attached hydrogens (tertiary/aromatic N) is 5. The molecule has 0 unspecified atom stereocenters. The first kappa shape index (κ1) is 14.8. The normalized spacial score (nSPS) is 13.5. The van der Waals surface area contributed by atoms with Crippen molar-refractivity contribution in [3.63, 3.8) is 0 Å². The molecule has 0 spiro atoms. The van der Waals surface area contributed by atoms with Crippen molar-refractivity contribution in [3.05, 3.63) is 41.2 Å². The number of hydrogen-bond acceptors (Lipinski definition) is 7. The lowest BCUT2D eigenvalue weighted by Gasteiger charge is -2.12. The van der Waals surface area contributed by atoms with Gasteiger partial charge in [0.05, 0.1) is 24.3 Å². The highest BCUT2D eigenvalue weighted by Gasteiger charge is 2.36. The van der Waals surface area contributed by atoms with Gasteiger partial charge in [-0.2, -0.15) is 4.80 Å². The summed E-state index contributed by atoms with van der Waals surface area (Å²) in [4.78, 5) is 40.9. The van der Waals surface area contributed by atoms with Crippen molar-refractivity contribution < 1.29 is 24.3 Å². The highest BCUT2D eigenvalue weighted by Crippen LogP contribution is 2.22. The van der Waals surface area contributed by atoms with E-state index in [0.717, 1.165) is 4.80 Å². The summed E-state index contributed by atoms with van der Waals surface area (Å²) in [6.45, 7) is 0.0639. The fourth-order valence-corrected chi connectivity index (χ4v) is 2.08. The Hall–Kier alpha value is -3.14. The monoisotopic (exact) mass is 317 g/mol. The van der Waals surface area contributed by atoms with Crippen LogP contribution in [0, 0.1) is 0 Å². The molecule has 3 rings (SSSR count). The second-order valence-electron chi connectivity index (χ2n) is 4.66. The molecular weight excluding hydrogens is 306 g/mol. The summed E-state index contributed by atoms with van der Waals surface area (Å²) in [5, 5.41) is 20.4. The van der Waals surface area contributed by atoms with Crippen molar-refractivity contribution in [1.29, 1.82) is 0 Å². The van der Waals surface area contributed by atoms with Crippen LogP contribution in [0.3, 0.4) is 0 Å². The molecule has 0 bridgehead atoms. The van der Waals surface area contributed by atoms with Gasteiger partial charge in [-0.15, -0.1) is 15.3 Å². The molecule has 2 aromatic rings. The van der Waals surface area contributed by atoms with E-state index in [1.165, 1.54) is 0 Å². The Balaban J connectivity index is 1.58. The van der Waals surface area contributed by atoms with E-state index in [2.05, 4.69) is 15.4 Å². The second-order valence-corrected chi connectivity index (χ2v) is 4.66. The molecule has 1 aromatic carbocycles. The summed E-state index contributed by atoms with van der Waals surface area (Å²) in [6, 6.07) is 6.43. The largest absolute Gasteiger partial charge is 0.481 e. The van der Waals surface area contributed by atoms with Gasteiger partial charge in [0, 0.05) is 0 Å². The molecule has 1 aliphatic rings. The van der Waals surface area contributed by atoms with Crippen LogP contribution in [0.4, 0.5) is 0 Å². The Bertz CT molecular complexity index is 752. The lowest BCUT2D eigenvalue weighted by Crippen LogP contribution is -2.31. The summed E-state index contributed by atoms with van der Waals surface area (Å²) >= 11 is 0. The molecule has 0 aliphatic carbocycles. The van der Waals surface area contributed by atoms with Gasteiger partial charge in [0.1, 0.15) is 6.42 Å². The van der Waals surface area contributed by atoms with E-state index in [0.29, 0.717) is 16.2 Å². The zero-order chi connectivity index (χ0) is 16.4. The van der Waals surface area contributed by atoms with Gasteiger partial charge in [-0.05, 0) is 17.3 Å². The predicted octanol–water partition coefficient (Wildman–Crippen LogP) is -0.472. The molecule has 1 aromatic heterocycles. The average Bonchev–Trinajstić information content (AvgIpc) is 3.05. The number of hydrogen-bond donors (Lipinski definition) is 1. The predicted molar refractivity (Wildman–Crippen MR) is 72.1 cm³/mol. The van der Waals surface area contributed by atoms with Crippen LogP contribution in [0.25, 0.3) is 0 Å². The van der Waals surface area contributed by atoms with Crippen LogP contribution in [-0.2, 0) is 22.6 Å². The maximum atomic E-state index is 12.0. The molecule has 2 amide bonds. The summed E-state index contributed by atoms with van der Waals surface area (Å²) in [5.41, 5.74) is 0.584. The van der Waals surface area contributed by atoms with E-state index >= 15 is 0 Å². The molecule has 0 saturated heterocycles. The summed E-state index contributed by atoms with van der Waals surface area (Å²) in [6.07, 6.45) is -0.334. The Morgan fingerprint density at radius 3 is 2.43 bits per heavy atom. The Kier molecular flexibility index (Phi) is 3.81. The maximum Gasteiger partial charge on any atom is 0.311 e. The molecule has 23 heavy (non-hydrogen) atoms. The van der Waals surface area contributed by atoms with E-state index in [9.17, 15) is 14.4 Å². The van der Waals surface area contributed by atoms with Gasteiger partial charge in [0.25, 0.3) is 11.8 Å². The minimum absolute atomic E-state index is 0.0473. The van der Waals surface area contributed by atoms with E-state index in [1.807, 2.05) is 0 Å². The molecule has 0 fully saturated rings. The van der Waals surface area contributed by atoms with Crippen molar-refractivity contribution >= 4 is 17.8 Å². The third-order valence-corrected chi connectivity index (χ3v) is 3.07. The van der Waals surface area contributed by atoms with Gasteiger partial charge >= 0.3 is 5.97 Å². The number of carbonyl (C=O) groups excluding carboxylic acids is 2. The SMILES string of the molecule is O=C(O)Cc1nnn(CCON2C(=O)c3ccccc3C2=O)n1. The minimum atomic E-state index is -1.06. The van der Waals surface area contributed by atoms with E-state index in [4.69, 9.17) is 9.94 Å². The van der Waals surface area contributed by atoms with Crippen LogP contribution in [0.15, 0.2) is 24.3 Å². The number of amides is 2. The molecule has 10 heteroatoms. The van der Waals surface area contributed by atoms with E-state index < -0.39 is 17.8 Å². The maximum absolute atomic E-state index is 12.0. The van der Waals surface area contributed by atoms with Crippen LogP contribution < -0.4 is 0 Å².